The number of fused-ring (bicyclic) bond motifs is 2. The van der Waals surface area contributed by atoms with Gasteiger partial charge in [0, 0.05) is 24.1 Å². The van der Waals surface area contributed by atoms with Crippen LogP contribution in [0.25, 0.3) is 17.0 Å². The van der Waals surface area contributed by atoms with E-state index < -0.39 is 0 Å². The fourth-order valence-corrected chi connectivity index (χ4v) is 3.23. The molecule has 0 bridgehead atoms. The summed E-state index contributed by atoms with van der Waals surface area (Å²) in [5, 5.41) is 2.86. The second kappa shape index (κ2) is 7.60. The molecule has 1 aliphatic rings. The number of anilines is 1. The number of amides is 1. The number of carbonyl (C=O) groups excluding carboxylic acids is 1. The van der Waals surface area contributed by atoms with E-state index in [-0.39, 0.29) is 5.91 Å². The number of rotatable bonds is 5. The van der Waals surface area contributed by atoms with Gasteiger partial charge in [0.2, 0.25) is 0 Å². The molecule has 0 saturated heterocycles. The molecule has 6 heteroatoms. The Bertz CT molecular complexity index is 1040. The molecule has 0 radical (unpaired) electrons. The van der Waals surface area contributed by atoms with E-state index in [1.807, 2.05) is 42.5 Å². The van der Waals surface area contributed by atoms with Gasteiger partial charge in [-0.05, 0) is 54.0 Å². The van der Waals surface area contributed by atoms with Crippen molar-refractivity contribution < 1.29 is 14.3 Å². The molecule has 3 aromatic rings. The summed E-state index contributed by atoms with van der Waals surface area (Å²) in [6.45, 7) is 0.692. The first-order chi connectivity index (χ1) is 13.7. The van der Waals surface area contributed by atoms with Gasteiger partial charge in [0.15, 0.2) is 5.82 Å². The fraction of sp³-hybridized carbons (Fsp3) is 0.182. The van der Waals surface area contributed by atoms with Crippen LogP contribution in [0.4, 0.5) is 5.82 Å². The number of carbonyl (C=O) groups is 1. The average molecular weight is 375 g/mol. The normalized spacial score (nSPS) is 13.0. The van der Waals surface area contributed by atoms with Crippen LogP contribution in [0.2, 0.25) is 0 Å². The van der Waals surface area contributed by atoms with Crippen molar-refractivity contribution in [3.63, 3.8) is 0 Å². The van der Waals surface area contributed by atoms with Crippen LogP contribution in [0.3, 0.4) is 0 Å². The largest absolute Gasteiger partial charge is 0.497 e. The minimum atomic E-state index is -0.198. The van der Waals surface area contributed by atoms with Crippen LogP contribution in [0.15, 0.2) is 54.6 Å². The summed E-state index contributed by atoms with van der Waals surface area (Å²) >= 11 is 0. The Morgan fingerprint density at radius 2 is 1.82 bits per heavy atom. The molecule has 2 heterocycles. The molecule has 0 atom stereocenters. The molecule has 142 valence electrons. The van der Waals surface area contributed by atoms with Gasteiger partial charge in [-0.25, -0.2) is 4.98 Å². The van der Waals surface area contributed by atoms with Crippen molar-refractivity contribution in [3.05, 3.63) is 65.7 Å². The highest BCUT2D eigenvalue weighted by atomic mass is 16.5. The molecular formula is C22H21N3O3. The first kappa shape index (κ1) is 17.9. The summed E-state index contributed by atoms with van der Waals surface area (Å²) in [4.78, 5) is 17.1. The van der Waals surface area contributed by atoms with Gasteiger partial charge >= 0.3 is 0 Å². The Balaban J connectivity index is 1.49. The molecule has 1 N–H and O–H groups in total. The number of hydrazine groups is 1. The Hall–Kier alpha value is -3.54. The monoisotopic (exact) mass is 375 g/mol. The summed E-state index contributed by atoms with van der Waals surface area (Å²) in [5.41, 5.74) is 5.80. The van der Waals surface area contributed by atoms with E-state index in [0.29, 0.717) is 6.54 Å². The molecule has 0 saturated carbocycles. The molecule has 0 aliphatic carbocycles. The molecule has 0 unspecified atom stereocenters. The Morgan fingerprint density at radius 1 is 1.07 bits per heavy atom. The van der Waals surface area contributed by atoms with Crippen LogP contribution in [-0.4, -0.2) is 31.7 Å². The third kappa shape index (κ3) is 3.62. The first-order valence-corrected chi connectivity index (χ1v) is 9.04. The van der Waals surface area contributed by atoms with E-state index in [2.05, 4.69) is 11.5 Å². The highest BCUT2D eigenvalue weighted by Gasteiger charge is 2.22. The maximum absolute atomic E-state index is 12.4. The molecule has 0 spiro atoms. The summed E-state index contributed by atoms with van der Waals surface area (Å²) in [6.07, 6.45) is 4.13. The lowest BCUT2D eigenvalue weighted by atomic mass is 10.1. The number of aromatic nitrogens is 1. The minimum absolute atomic E-state index is 0.198. The molecule has 0 fully saturated rings. The average Bonchev–Trinajstić information content (AvgIpc) is 3.12. The number of ether oxygens (including phenoxy) is 2. The molecule has 6 nitrogen and oxygen atoms in total. The highest BCUT2D eigenvalue weighted by molar-refractivity contribution is 5.93. The Kier molecular flexibility index (Phi) is 4.85. The molecule has 4 rings (SSSR count). The van der Waals surface area contributed by atoms with E-state index >= 15 is 0 Å². The van der Waals surface area contributed by atoms with E-state index in [1.54, 1.807) is 25.3 Å². The topological polar surface area (TPSA) is 63.7 Å². The number of hydrogen-bond donors (Lipinski definition) is 1. The zero-order valence-electron chi connectivity index (χ0n) is 15.8. The lowest BCUT2D eigenvalue weighted by Crippen LogP contribution is -2.40. The van der Waals surface area contributed by atoms with Crippen molar-refractivity contribution in [2.24, 2.45) is 0 Å². The van der Waals surface area contributed by atoms with E-state index in [4.69, 9.17) is 14.5 Å². The number of nitrogens with zero attached hydrogens (tertiary/aromatic N) is 2. The lowest BCUT2D eigenvalue weighted by molar-refractivity contribution is -0.116. The van der Waals surface area contributed by atoms with Crippen molar-refractivity contribution in [2.45, 2.75) is 6.42 Å². The predicted molar refractivity (Wildman–Crippen MR) is 110 cm³/mol. The summed E-state index contributed by atoms with van der Waals surface area (Å²) in [5.74, 6) is 2.13. The zero-order chi connectivity index (χ0) is 19.5. The third-order valence-corrected chi connectivity index (χ3v) is 4.73. The molecule has 1 aromatic heterocycles. The number of benzene rings is 2. The standard InChI is InChI=1S/C22H21N3O3/c1-27-18-7-3-15(4-8-18)5-10-21(26)24-25-12-11-17-13-16-6-9-19(28-2)14-20(16)23-22(17)25/h3-10,13-14H,11-12H2,1-2H3,(H,24,26)/b10-5+. The molecule has 1 amide bonds. The SMILES string of the molecule is COc1ccc(/C=C/C(=O)NN2CCc3cc4ccc(OC)cc4nc32)cc1. The van der Waals surface area contributed by atoms with Crippen molar-refractivity contribution in [1.82, 2.24) is 10.4 Å². The maximum atomic E-state index is 12.4. The smallest absolute Gasteiger partial charge is 0.262 e. The number of hydrogen-bond acceptors (Lipinski definition) is 5. The lowest BCUT2D eigenvalue weighted by Gasteiger charge is -2.18. The van der Waals surface area contributed by atoms with Crippen molar-refractivity contribution in [2.75, 3.05) is 25.8 Å². The van der Waals surface area contributed by atoms with Gasteiger partial charge in [0.25, 0.3) is 5.91 Å². The van der Waals surface area contributed by atoms with E-state index in [0.717, 1.165) is 45.8 Å². The van der Waals surface area contributed by atoms with Crippen LogP contribution in [0.1, 0.15) is 11.1 Å². The maximum Gasteiger partial charge on any atom is 0.262 e. The van der Waals surface area contributed by atoms with Gasteiger partial charge in [0.05, 0.1) is 19.7 Å². The van der Waals surface area contributed by atoms with Crippen LogP contribution < -0.4 is 19.9 Å². The molecule has 2 aromatic carbocycles. The Labute approximate surface area is 163 Å². The van der Waals surface area contributed by atoms with Gasteiger partial charge in [-0.3, -0.25) is 15.2 Å². The van der Waals surface area contributed by atoms with Crippen molar-refractivity contribution in [1.29, 1.82) is 0 Å². The number of nitrogens with one attached hydrogen (secondary N) is 1. The Morgan fingerprint density at radius 3 is 2.57 bits per heavy atom. The molecule has 28 heavy (non-hydrogen) atoms. The third-order valence-electron chi connectivity index (χ3n) is 4.73. The quantitative estimate of drug-likeness (QED) is 0.693. The summed E-state index contributed by atoms with van der Waals surface area (Å²) in [6, 6.07) is 15.5. The summed E-state index contributed by atoms with van der Waals surface area (Å²) in [7, 11) is 3.26. The van der Waals surface area contributed by atoms with E-state index in [9.17, 15) is 4.79 Å². The summed E-state index contributed by atoms with van der Waals surface area (Å²) < 4.78 is 10.4. The van der Waals surface area contributed by atoms with Crippen molar-refractivity contribution in [3.8, 4) is 11.5 Å². The van der Waals surface area contributed by atoms with Crippen LogP contribution in [-0.2, 0) is 11.2 Å². The zero-order valence-corrected chi connectivity index (χ0v) is 15.8. The number of methoxy groups -OCH3 is 2. The second-order valence-corrected chi connectivity index (χ2v) is 6.51. The minimum Gasteiger partial charge on any atom is -0.497 e. The van der Waals surface area contributed by atoms with Gasteiger partial charge in [-0.15, -0.1) is 0 Å². The van der Waals surface area contributed by atoms with Gasteiger partial charge < -0.3 is 9.47 Å². The predicted octanol–water partition coefficient (Wildman–Crippen LogP) is 3.36. The van der Waals surface area contributed by atoms with E-state index in [1.165, 1.54) is 6.08 Å². The van der Waals surface area contributed by atoms with Crippen molar-refractivity contribution >= 4 is 28.7 Å². The first-order valence-electron chi connectivity index (χ1n) is 9.04. The van der Waals surface area contributed by atoms with Gasteiger partial charge in [-0.1, -0.05) is 12.1 Å². The molecular weight excluding hydrogens is 354 g/mol. The van der Waals surface area contributed by atoms with Crippen LogP contribution in [0, 0.1) is 0 Å². The van der Waals surface area contributed by atoms with Crippen LogP contribution >= 0.6 is 0 Å². The molecule has 1 aliphatic heterocycles. The number of pyridine rings is 1. The van der Waals surface area contributed by atoms with Gasteiger partial charge in [0.1, 0.15) is 11.5 Å². The fourth-order valence-electron chi connectivity index (χ4n) is 3.23. The second-order valence-electron chi connectivity index (χ2n) is 6.51. The van der Waals surface area contributed by atoms with Crippen LogP contribution in [0.5, 0.6) is 11.5 Å². The van der Waals surface area contributed by atoms with Gasteiger partial charge in [-0.2, -0.15) is 0 Å². The highest BCUT2D eigenvalue weighted by Crippen LogP contribution is 2.29.